The van der Waals surface area contributed by atoms with Crippen molar-refractivity contribution < 1.29 is 26.5 Å². The molecular formula is C28H46ClNO2S. The first kappa shape index (κ1) is 30.0. The molecule has 0 N–H and O–H groups in total. The van der Waals surface area contributed by atoms with Crippen molar-refractivity contribution in [2.24, 2.45) is 0 Å². The van der Waals surface area contributed by atoms with Crippen molar-refractivity contribution in [3.8, 4) is 0 Å². The second kappa shape index (κ2) is 20.4. The monoisotopic (exact) mass is 495 g/mol. The Hall–Kier alpha value is -1.000. The van der Waals surface area contributed by atoms with Crippen LogP contribution in [-0.2, 0) is 16.1 Å². The van der Waals surface area contributed by atoms with Crippen LogP contribution >= 0.6 is 11.8 Å². The van der Waals surface area contributed by atoms with Gasteiger partial charge < -0.3 is 17.1 Å². The lowest BCUT2D eigenvalue weighted by atomic mass is 10.0. The lowest BCUT2D eigenvalue weighted by molar-refractivity contribution is -0.697. The van der Waals surface area contributed by atoms with Crippen molar-refractivity contribution in [1.82, 2.24) is 0 Å². The number of nitrogens with zero attached hydrogens (tertiary/aromatic N) is 1. The highest BCUT2D eigenvalue weighted by molar-refractivity contribution is 8.03. The molecule has 1 aliphatic heterocycles. The van der Waals surface area contributed by atoms with E-state index >= 15 is 0 Å². The van der Waals surface area contributed by atoms with Crippen LogP contribution in [0.2, 0.25) is 0 Å². The quantitative estimate of drug-likeness (QED) is 0.122. The van der Waals surface area contributed by atoms with Crippen molar-refractivity contribution in [1.29, 1.82) is 0 Å². The second-order valence-electron chi connectivity index (χ2n) is 9.25. The van der Waals surface area contributed by atoms with E-state index in [0.717, 1.165) is 31.1 Å². The highest BCUT2D eigenvalue weighted by Crippen LogP contribution is 2.39. The van der Waals surface area contributed by atoms with Crippen LogP contribution in [0.15, 0.2) is 41.8 Å². The molecule has 0 aromatic carbocycles. The molecule has 0 spiro atoms. The summed E-state index contributed by atoms with van der Waals surface area (Å²) in [5, 5.41) is 0.724. The van der Waals surface area contributed by atoms with Gasteiger partial charge in [0.25, 0.3) is 0 Å². The summed E-state index contributed by atoms with van der Waals surface area (Å²) in [6.07, 6.45) is 27.3. The smallest absolute Gasteiger partial charge is 0.310 e. The summed E-state index contributed by atoms with van der Waals surface area (Å²) in [5.41, 5.74) is 0. The Morgan fingerprint density at radius 3 is 2.24 bits per heavy atom. The summed E-state index contributed by atoms with van der Waals surface area (Å²) in [6, 6.07) is 6.08. The topological polar surface area (TPSA) is 30.2 Å². The first-order chi connectivity index (χ1) is 15.8. The molecule has 1 aromatic heterocycles. The van der Waals surface area contributed by atoms with Gasteiger partial charge in [-0.2, -0.15) is 0 Å². The van der Waals surface area contributed by atoms with Crippen molar-refractivity contribution in [3.05, 3.63) is 41.8 Å². The van der Waals surface area contributed by atoms with E-state index in [9.17, 15) is 4.79 Å². The van der Waals surface area contributed by atoms with Crippen LogP contribution in [0.1, 0.15) is 116 Å². The van der Waals surface area contributed by atoms with Gasteiger partial charge in [-0.1, -0.05) is 83.6 Å². The number of halogens is 1. The molecule has 2 rings (SSSR count). The summed E-state index contributed by atoms with van der Waals surface area (Å²) in [7, 11) is 0. The third kappa shape index (κ3) is 15.5. The fourth-order valence-corrected chi connectivity index (χ4v) is 5.59. The van der Waals surface area contributed by atoms with E-state index in [1.165, 1.54) is 88.4 Å². The molecule has 0 radical (unpaired) electrons. The average molecular weight is 496 g/mol. The highest BCUT2D eigenvalue weighted by Gasteiger charge is 2.20. The van der Waals surface area contributed by atoms with Gasteiger partial charge in [-0.05, 0) is 25.7 Å². The Kier molecular flexibility index (Phi) is 18.5. The second-order valence-corrected chi connectivity index (χ2v) is 10.7. The Morgan fingerprint density at radius 1 is 0.939 bits per heavy atom. The average Bonchev–Trinajstić information content (AvgIpc) is 3.27. The standard InChI is InChI=1S/C28H46NO2S.ClH/c1-2-3-4-5-6-7-8-9-10-11-13-18-26-20-21-27(32-26)25-31-28(30)19-14-17-24-29-22-15-12-16-23-29;/h12,15-16,22-23,25-26H,2-11,13-14,17-21,24H2,1H3;1H/q+1;/p-1. The Bertz CT molecular complexity index is 638. The van der Waals surface area contributed by atoms with Crippen molar-refractivity contribution in [3.63, 3.8) is 0 Å². The number of allylic oxidation sites excluding steroid dienone is 1. The normalized spacial score (nSPS) is 16.6. The number of hydrogen-bond donors (Lipinski definition) is 0. The molecule has 33 heavy (non-hydrogen) atoms. The molecule has 5 heteroatoms. The lowest BCUT2D eigenvalue weighted by Gasteiger charge is -2.07. The highest BCUT2D eigenvalue weighted by atomic mass is 35.5. The number of carbonyl (C=O) groups is 1. The van der Waals surface area contributed by atoms with Gasteiger partial charge in [-0.3, -0.25) is 4.79 Å². The summed E-state index contributed by atoms with van der Waals surface area (Å²) < 4.78 is 7.56. The predicted octanol–water partition coefficient (Wildman–Crippen LogP) is 5.13. The van der Waals surface area contributed by atoms with Crippen LogP contribution in [0.3, 0.4) is 0 Å². The Balaban J connectivity index is 0.00000544. The van der Waals surface area contributed by atoms with Crippen molar-refractivity contribution in [2.75, 3.05) is 0 Å². The molecule has 1 atom stereocenters. The number of hydrogen-bond acceptors (Lipinski definition) is 3. The van der Waals surface area contributed by atoms with Gasteiger partial charge in [0.1, 0.15) is 12.8 Å². The SMILES string of the molecule is CCCCCCCCCCCCCC1CCC(=COC(=O)CCCC[n+]2ccccc2)S1.[Cl-]. The molecule has 0 amide bonds. The van der Waals surface area contributed by atoms with E-state index in [0.29, 0.717) is 6.42 Å². The van der Waals surface area contributed by atoms with E-state index in [-0.39, 0.29) is 18.4 Å². The van der Waals surface area contributed by atoms with E-state index in [1.807, 2.05) is 30.0 Å². The zero-order valence-electron chi connectivity index (χ0n) is 20.8. The summed E-state index contributed by atoms with van der Waals surface area (Å²) in [6.45, 7) is 3.23. The zero-order valence-corrected chi connectivity index (χ0v) is 22.4. The molecule has 1 aromatic rings. The lowest BCUT2D eigenvalue weighted by Crippen LogP contribution is -3.00. The first-order valence-electron chi connectivity index (χ1n) is 13.3. The minimum absolute atomic E-state index is 0. The summed E-state index contributed by atoms with van der Waals surface area (Å²) >= 11 is 1.94. The number of unbranched alkanes of at least 4 members (excludes halogenated alkanes) is 11. The van der Waals surface area contributed by atoms with Gasteiger partial charge in [-0.25, -0.2) is 4.57 Å². The van der Waals surface area contributed by atoms with E-state index in [4.69, 9.17) is 4.74 Å². The Labute approximate surface area is 213 Å². The fraction of sp³-hybridized carbons (Fsp3) is 0.714. The molecule has 1 aliphatic rings. The van der Waals surface area contributed by atoms with Crippen LogP contribution in [-0.4, -0.2) is 11.2 Å². The number of aromatic nitrogens is 1. The maximum atomic E-state index is 12.0. The van der Waals surface area contributed by atoms with E-state index in [1.54, 1.807) is 6.26 Å². The minimum Gasteiger partial charge on any atom is -1.00 e. The van der Waals surface area contributed by atoms with Crippen LogP contribution in [0.25, 0.3) is 0 Å². The molecule has 3 nitrogen and oxygen atoms in total. The number of ether oxygens (including phenoxy) is 1. The maximum absolute atomic E-state index is 12.0. The minimum atomic E-state index is -0.0926. The molecular weight excluding hydrogens is 450 g/mol. The van der Waals surface area contributed by atoms with E-state index in [2.05, 4.69) is 23.9 Å². The largest absolute Gasteiger partial charge is 1.00 e. The molecule has 1 unspecified atom stereocenters. The van der Waals surface area contributed by atoms with Crippen LogP contribution in [0, 0.1) is 0 Å². The molecule has 2 heterocycles. The van der Waals surface area contributed by atoms with Gasteiger partial charge in [0.15, 0.2) is 12.4 Å². The van der Waals surface area contributed by atoms with Crippen molar-refractivity contribution >= 4 is 17.7 Å². The Morgan fingerprint density at radius 2 is 1.58 bits per heavy atom. The van der Waals surface area contributed by atoms with Crippen LogP contribution in [0.5, 0.6) is 0 Å². The number of esters is 1. The fourth-order valence-electron chi connectivity index (χ4n) is 4.30. The zero-order chi connectivity index (χ0) is 22.7. The third-order valence-electron chi connectivity index (χ3n) is 6.31. The molecule has 0 bridgehead atoms. The van der Waals surface area contributed by atoms with Crippen LogP contribution in [0.4, 0.5) is 0 Å². The number of thioether (sulfide) groups is 1. The molecule has 188 valence electrons. The van der Waals surface area contributed by atoms with Gasteiger partial charge >= 0.3 is 5.97 Å². The number of aryl methyl sites for hydroxylation is 1. The molecule has 0 saturated carbocycles. The number of rotatable bonds is 18. The predicted molar refractivity (Wildman–Crippen MR) is 136 cm³/mol. The summed E-state index contributed by atoms with van der Waals surface area (Å²) in [5.74, 6) is -0.0926. The number of pyridine rings is 1. The van der Waals surface area contributed by atoms with Crippen LogP contribution < -0.4 is 17.0 Å². The van der Waals surface area contributed by atoms with Gasteiger partial charge in [0.05, 0.1) is 0 Å². The maximum Gasteiger partial charge on any atom is 0.310 e. The van der Waals surface area contributed by atoms with E-state index < -0.39 is 0 Å². The first-order valence-corrected chi connectivity index (χ1v) is 14.1. The van der Waals surface area contributed by atoms with Gasteiger partial charge in [-0.15, -0.1) is 11.8 Å². The number of carbonyl (C=O) groups excluding carboxylic acids is 1. The van der Waals surface area contributed by atoms with Gasteiger partial charge in [0.2, 0.25) is 0 Å². The molecule has 0 aliphatic carbocycles. The third-order valence-corrected chi connectivity index (χ3v) is 7.71. The van der Waals surface area contributed by atoms with Gasteiger partial charge in [0, 0.05) is 35.1 Å². The molecule has 1 saturated heterocycles. The van der Waals surface area contributed by atoms with Crippen molar-refractivity contribution in [2.45, 2.75) is 128 Å². The summed E-state index contributed by atoms with van der Waals surface area (Å²) in [4.78, 5) is 13.3. The molecule has 1 fully saturated rings.